The molecule has 1 aromatic heterocycles. The largest absolute Gasteiger partial charge is 0.379 e. The highest BCUT2D eigenvalue weighted by atomic mass is 16.2. The summed E-state index contributed by atoms with van der Waals surface area (Å²) in [5, 5.41) is 4.74. The number of piperazine rings is 1. The molecule has 0 unspecified atom stereocenters. The van der Waals surface area contributed by atoms with Crippen molar-refractivity contribution in [3.63, 3.8) is 0 Å². The van der Waals surface area contributed by atoms with E-state index in [9.17, 15) is 4.79 Å². The van der Waals surface area contributed by atoms with Crippen LogP contribution in [0.1, 0.15) is 38.3 Å². The maximum Gasteiger partial charge on any atom is 0.254 e. The van der Waals surface area contributed by atoms with Gasteiger partial charge in [0.15, 0.2) is 0 Å². The Hall–Kier alpha value is -2.79. The zero-order valence-electron chi connectivity index (χ0n) is 18.7. The van der Waals surface area contributed by atoms with Crippen molar-refractivity contribution in [2.24, 2.45) is 0 Å². The minimum absolute atomic E-state index is 0.123. The molecule has 0 bridgehead atoms. The number of anilines is 1. The van der Waals surface area contributed by atoms with E-state index in [-0.39, 0.29) is 5.91 Å². The number of rotatable bonds is 4. The summed E-state index contributed by atoms with van der Waals surface area (Å²) in [6.07, 6.45) is 0. The van der Waals surface area contributed by atoms with E-state index in [0.29, 0.717) is 0 Å². The van der Waals surface area contributed by atoms with Gasteiger partial charge in [0.1, 0.15) is 0 Å². The normalized spacial score (nSPS) is 15.0. The summed E-state index contributed by atoms with van der Waals surface area (Å²) in [5.74, 6) is 0.123. The zero-order valence-corrected chi connectivity index (χ0v) is 18.7. The summed E-state index contributed by atoms with van der Waals surface area (Å²) in [4.78, 5) is 21.0. The van der Waals surface area contributed by atoms with Gasteiger partial charge < -0.3 is 20.1 Å². The number of aromatic nitrogens is 1. The van der Waals surface area contributed by atoms with Gasteiger partial charge in [-0.3, -0.25) is 4.79 Å². The molecule has 5 nitrogen and oxygen atoms in total. The number of hydrogen-bond acceptors (Lipinski definition) is 3. The van der Waals surface area contributed by atoms with E-state index in [1.807, 2.05) is 11.0 Å². The third-order valence-corrected chi connectivity index (χ3v) is 6.55. The van der Waals surface area contributed by atoms with Crippen molar-refractivity contribution >= 4 is 22.5 Å². The first kappa shape index (κ1) is 20.5. The molecule has 2 N–H and O–H groups in total. The number of hydrogen-bond donors (Lipinski definition) is 2. The van der Waals surface area contributed by atoms with Crippen molar-refractivity contribution in [2.75, 3.05) is 38.5 Å². The molecule has 0 radical (unpaired) electrons. The predicted molar refractivity (Wildman–Crippen MR) is 124 cm³/mol. The Morgan fingerprint density at radius 2 is 1.70 bits per heavy atom. The number of amides is 1. The number of carbonyl (C=O) groups is 1. The lowest BCUT2D eigenvalue weighted by molar-refractivity contribution is 0.0664. The molecular formula is C25H32N4O. The number of H-pyrrole nitrogens is 1. The summed E-state index contributed by atoms with van der Waals surface area (Å²) in [6, 6.07) is 10.5. The number of aromatic amines is 1. The van der Waals surface area contributed by atoms with Gasteiger partial charge in [0.2, 0.25) is 0 Å². The second-order valence-corrected chi connectivity index (χ2v) is 8.64. The van der Waals surface area contributed by atoms with Gasteiger partial charge in [-0.25, -0.2) is 0 Å². The van der Waals surface area contributed by atoms with E-state index in [0.717, 1.165) is 60.6 Å². The minimum atomic E-state index is 0.123. The SMILES string of the molecule is Cc1cccc(C)c1CNc1cc(C(=O)N2CCN(C)CC2)cc2c(C)c(C)[nH]c12. The Labute approximate surface area is 179 Å². The number of benzene rings is 2. The first-order chi connectivity index (χ1) is 14.3. The van der Waals surface area contributed by atoms with E-state index in [4.69, 9.17) is 0 Å². The number of likely N-dealkylation sites (N-methyl/N-ethyl adjacent to an activating group) is 1. The van der Waals surface area contributed by atoms with E-state index in [2.05, 4.69) is 74.2 Å². The van der Waals surface area contributed by atoms with Gasteiger partial charge in [0, 0.05) is 49.4 Å². The van der Waals surface area contributed by atoms with Gasteiger partial charge in [-0.2, -0.15) is 0 Å². The Morgan fingerprint density at radius 3 is 2.37 bits per heavy atom. The van der Waals surface area contributed by atoms with Gasteiger partial charge in [-0.15, -0.1) is 0 Å². The summed E-state index contributed by atoms with van der Waals surface area (Å²) >= 11 is 0. The molecule has 2 heterocycles. The topological polar surface area (TPSA) is 51.4 Å². The molecule has 158 valence electrons. The number of aryl methyl sites for hydroxylation is 4. The Balaban J connectivity index is 1.69. The van der Waals surface area contributed by atoms with Crippen molar-refractivity contribution in [3.8, 4) is 0 Å². The molecule has 30 heavy (non-hydrogen) atoms. The summed E-state index contributed by atoms with van der Waals surface area (Å²) in [7, 11) is 2.11. The summed E-state index contributed by atoms with van der Waals surface area (Å²) < 4.78 is 0. The fourth-order valence-corrected chi connectivity index (χ4v) is 4.32. The first-order valence-electron chi connectivity index (χ1n) is 10.7. The molecule has 2 aromatic carbocycles. The van der Waals surface area contributed by atoms with E-state index in [1.54, 1.807) is 0 Å². The lowest BCUT2D eigenvalue weighted by Gasteiger charge is -2.32. The molecule has 1 amide bonds. The van der Waals surface area contributed by atoms with Crippen LogP contribution >= 0.6 is 0 Å². The van der Waals surface area contributed by atoms with Gasteiger partial charge in [-0.1, -0.05) is 18.2 Å². The van der Waals surface area contributed by atoms with Crippen molar-refractivity contribution in [1.29, 1.82) is 0 Å². The maximum absolute atomic E-state index is 13.3. The smallest absolute Gasteiger partial charge is 0.254 e. The molecule has 1 saturated heterocycles. The molecular weight excluding hydrogens is 372 g/mol. The zero-order chi connectivity index (χ0) is 21.4. The highest BCUT2D eigenvalue weighted by molar-refractivity contribution is 6.03. The number of fused-ring (bicyclic) bond motifs is 1. The molecule has 5 heteroatoms. The van der Waals surface area contributed by atoms with Crippen LogP contribution in [-0.4, -0.2) is 53.9 Å². The second kappa shape index (κ2) is 8.15. The second-order valence-electron chi connectivity index (χ2n) is 8.64. The van der Waals surface area contributed by atoms with Gasteiger partial charge >= 0.3 is 0 Å². The average molecular weight is 405 g/mol. The van der Waals surface area contributed by atoms with E-state index in [1.165, 1.54) is 22.3 Å². The molecule has 3 aromatic rings. The van der Waals surface area contributed by atoms with Crippen molar-refractivity contribution in [2.45, 2.75) is 34.2 Å². The number of nitrogens with one attached hydrogen (secondary N) is 2. The maximum atomic E-state index is 13.3. The molecule has 0 saturated carbocycles. The highest BCUT2D eigenvalue weighted by Gasteiger charge is 2.22. The van der Waals surface area contributed by atoms with Crippen LogP contribution in [0.15, 0.2) is 30.3 Å². The number of carbonyl (C=O) groups excluding carboxylic acids is 1. The van der Waals surface area contributed by atoms with Crippen LogP contribution in [0.2, 0.25) is 0 Å². The molecule has 0 atom stereocenters. The molecule has 0 spiro atoms. The average Bonchev–Trinajstić information content (AvgIpc) is 3.02. The predicted octanol–water partition coefficient (Wildman–Crippen LogP) is 4.40. The fourth-order valence-electron chi connectivity index (χ4n) is 4.32. The van der Waals surface area contributed by atoms with Gasteiger partial charge in [0.25, 0.3) is 5.91 Å². The lowest BCUT2D eigenvalue weighted by Crippen LogP contribution is -2.47. The fraction of sp³-hybridized carbons (Fsp3) is 0.400. The molecule has 4 rings (SSSR count). The molecule has 0 aliphatic carbocycles. The highest BCUT2D eigenvalue weighted by Crippen LogP contribution is 2.31. The van der Waals surface area contributed by atoms with Crippen molar-refractivity contribution in [3.05, 3.63) is 63.8 Å². The third kappa shape index (κ3) is 3.82. The Kier molecular flexibility index (Phi) is 5.56. The van der Waals surface area contributed by atoms with Crippen LogP contribution in [-0.2, 0) is 6.54 Å². The van der Waals surface area contributed by atoms with Crippen LogP contribution in [0.25, 0.3) is 10.9 Å². The van der Waals surface area contributed by atoms with Crippen LogP contribution < -0.4 is 5.32 Å². The standard InChI is InChI=1S/C25H32N4O/c1-16-7-6-8-17(2)22(16)15-26-23-14-20(13-21-18(3)19(4)27-24(21)23)25(30)29-11-9-28(5)10-12-29/h6-8,13-14,26-27H,9-12,15H2,1-5H3. The third-order valence-electron chi connectivity index (χ3n) is 6.55. The van der Waals surface area contributed by atoms with Crippen LogP contribution in [0, 0.1) is 27.7 Å². The van der Waals surface area contributed by atoms with E-state index < -0.39 is 0 Å². The first-order valence-corrected chi connectivity index (χ1v) is 10.7. The van der Waals surface area contributed by atoms with Crippen molar-refractivity contribution in [1.82, 2.24) is 14.8 Å². The quantitative estimate of drug-likeness (QED) is 0.678. The van der Waals surface area contributed by atoms with Crippen molar-refractivity contribution < 1.29 is 4.79 Å². The number of nitrogens with zero attached hydrogens (tertiary/aromatic N) is 2. The molecule has 1 fully saturated rings. The van der Waals surface area contributed by atoms with Crippen LogP contribution in [0.3, 0.4) is 0 Å². The summed E-state index contributed by atoms with van der Waals surface area (Å²) in [5.41, 5.74) is 9.04. The van der Waals surface area contributed by atoms with E-state index >= 15 is 0 Å². The lowest BCUT2D eigenvalue weighted by atomic mass is 10.0. The monoisotopic (exact) mass is 404 g/mol. The van der Waals surface area contributed by atoms with Crippen LogP contribution in [0.4, 0.5) is 5.69 Å². The Morgan fingerprint density at radius 1 is 1.03 bits per heavy atom. The summed E-state index contributed by atoms with van der Waals surface area (Å²) in [6.45, 7) is 12.7. The molecule has 1 aliphatic rings. The van der Waals surface area contributed by atoms with Gasteiger partial charge in [0.05, 0.1) is 11.2 Å². The Bertz CT molecular complexity index is 1070. The minimum Gasteiger partial charge on any atom is -0.379 e. The molecule has 1 aliphatic heterocycles. The van der Waals surface area contributed by atoms with Crippen LogP contribution in [0.5, 0.6) is 0 Å². The van der Waals surface area contributed by atoms with Gasteiger partial charge in [-0.05, 0) is 69.1 Å².